The number of ether oxygens (including phenoxy) is 2. The van der Waals surface area contributed by atoms with Crippen molar-refractivity contribution in [2.24, 2.45) is 23.2 Å². The van der Waals surface area contributed by atoms with Crippen molar-refractivity contribution in [2.45, 2.75) is 123 Å². The van der Waals surface area contributed by atoms with Gasteiger partial charge in [0.25, 0.3) is 5.91 Å². The lowest BCUT2D eigenvalue weighted by Crippen LogP contribution is -2.66. The number of pyridine rings is 1. The second-order valence-corrected chi connectivity index (χ2v) is 23.1. The number of hydrogen-bond acceptors (Lipinski definition) is 11. The van der Waals surface area contributed by atoms with Gasteiger partial charge in [-0.1, -0.05) is 53.4 Å². The number of likely N-dealkylation sites (N-methyl/N-ethyl adjacent to an activating group) is 1. The number of carbonyl (C=O) groups is 5. The van der Waals surface area contributed by atoms with Crippen LogP contribution in [0.25, 0.3) is 22.9 Å². The van der Waals surface area contributed by atoms with Crippen molar-refractivity contribution in [1.82, 2.24) is 39.0 Å². The molecule has 3 aromatic heterocycles. The summed E-state index contributed by atoms with van der Waals surface area (Å²) in [4.78, 5) is 90.1. The molecule has 0 radical (unpaired) electrons. The van der Waals surface area contributed by atoms with E-state index >= 15 is 9.59 Å². The van der Waals surface area contributed by atoms with Gasteiger partial charge in [0.15, 0.2) is 0 Å². The Labute approximate surface area is 427 Å². The summed E-state index contributed by atoms with van der Waals surface area (Å²) >= 11 is 6.95. The Hall–Kier alpha value is -5.26. The monoisotopic (exact) mass is 1010 g/mol. The molecule has 15 nitrogen and oxygen atoms in total. The summed E-state index contributed by atoms with van der Waals surface area (Å²) in [5, 5.41) is 4.43. The van der Waals surface area contributed by atoms with E-state index in [2.05, 4.69) is 56.4 Å². The van der Waals surface area contributed by atoms with E-state index in [0.29, 0.717) is 58.3 Å². The maximum Gasteiger partial charge on any atom is 0.320 e. The first-order valence-corrected chi connectivity index (χ1v) is 26.8. The van der Waals surface area contributed by atoms with Crippen molar-refractivity contribution in [2.75, 3.05) is 60.0 Å². The van der Waals surface area contributed by atoms with Crippen molar-refractivity contribution in [3.63, 3.8) is 0 Å². The van der Waals surface area contributed by atoms with Crippen LogP contribution < -0.4 is 0 Å². The number of likely N-dealkylation sites (tertiary alicyclic amines) is 2. The number of hydrogen-bond donors (Lipinski definition) is 0. The zero-order valence-corrected chi connectivity index (χ0v) is 44.3. The van der Waals surface area contributed by atoms with Crippen LogP contribution in [-0.4, -0.2) is 151 Å². The number of allylic oxidation sites excluding steroid dienone is 1. The van der Waals surface area contributed by atoms with Gasteiger partial charge in [-0.2, -0.15) is 0 Å². The molecule has 4 saturated heterocycles. The van der Waals surface area contributed by atoms with E-state index in [9.17, 15) is 14.4 Å². The van der Waals surface area contributed by atoms with Gasteiger partial charge in [0, 0.05) is 99.0 Å². The van der Waals surface area contributed by atoms with Gasteiger partial charge in [-0.25, -0.2) is 9.78 Å². The number of urea groups is 1. The molecule has 3 aromatic rings. The first kappa shape index (κ1) is 50.7. The molecule has 17 heteroatoms. The van der Waals surface area contributed by atoms with Crippen LogP contribution in [0.5, 0.6) is 0 Å². The Balaban J connectivity index is 1.06. The van der Waals surface area contributed by atoms with Crippen LogP contribution in [0, 0.1) is 23.2 Å². The highest BCUT2D eigenvalue weighted by atomic mass is 32.1. The summed E-state index contributed by atoms with van der Waals surface area (Å²) in [6.07, 6.45) is 9.91. The number of rotatable bonds is 9. The van der Waals surface area contributed by atoms with Crippen molar-refractivity contribution >= 4 is 70.3 Å². The zero-order chi connectivity index (χ0) is 50.7. The molecule has 5 amide bonds. The number of amides is 5. The Morgan fingerprint density at radius 3 is 2.51 bits per heavy atom. The molecular formula is C54H70N8O7S2. The Bertz CT molecular complexity index is 2660. The molecule has 9 rings (SSSR count). The molecule has 1 aliphatic carbocycles. The number of cyclic esters (lactones) is 1. The fourth-order valence-corrected chi connectivity index (χ4v) is 13.5. The quantitative estimate of drug-likeness (QED) is 0.0928. The minimum Gasteiger partial charge on any atom is -0.465 e. The molecule has 5 atom stereocenters. The van der Waals surface area contributed by atoms with Crippen LogP contribution in [0.1, 0.15) is 113 Å². The molecule has 1 unspecified atom stereocenters. The predicted molar refractivity (Wildman–Crippen MR) is 277 cm³/mol. The average Bonchev–Trinajstić information content (AvgIpc) is 3.78. The third-order valence-corrected chi connectivity index (χ3v) is 17.5. The van der Waals surface area contributed by atoms with Crippen molar-refractivity contribution in [1.29, 1.82) is 0 Å². The molecule has 380 valence electrons. The van der Waals surface area contributed by atoms with Crippen molar-refractivity contribution in [3.8, 4) is 11.3 Å². The molecule has 6 bridgehead atoms. The second kappa shape index (κ2) is 19.6. The smallest absolute Gasteiger partial charge is 0.320 e. The predicted octanol–water partition coefficient (Wildman–Crippen LogP) is 7.26. The summed E-state index contributed by atoms with van der Waals surface area (Å²) in [5.74, 6) is -1.59. The number of thiazole rings is 1. The molecule has 2 spiro atoms. The number of aromatic nitrogens is 3. The molecule has 8 heterocycles. The minimum atomic E-state index is -1.24. The van der Waals surface area contributed by atoms with Gasteiger partial charge in [-0.3, -0.25) is 24.2 Å². The summed E-state index contributed by atoms with van der Waals surface area (Å²) in [7, 11) is 3.32. The van der Waals surface area contributed by atoms with Gasteiger partial charge in [0.05, 0.1) is 41.2 Å². The van der Waals surface area contributed by atoms with Crippen LogP contribution in [0.2, 0.25) is 0 Å². The molecule has 71 heavy (non-hydrogen) atoms. The fraction of sp³-hybridized carbons (Fsp3) is 0.593. The lowest BCUT2D eigenvalue weighted by Gasteiger charge is -2.56. The van der Waals surface area contributed by atoms with E-state index in [1.54, 1.807) is 45.3 Å². The van der Waals surface area contributed by atoms with Crippen LogP contribution in [0.3, 0.4) is 0 Å². The summed E-state index contributed by atoms with van der Waals surface area (Å²) < 4.78 is 14.5. The highest BCUT2D eigenvalue weighted by molar-refractivity contribution is 7.79. The number of nitrogens with zero attached hydrogens (tertiary/aromatic N) is 8. The summed E-state index contributed by atoms with van der Waals surface area (Å²) in [6.45, 7) is 19.5. The van der Waals surface area contributed by atoms with Gasteiger partial charge in [-0.05, 0) is 105 Å². The summed E-state index contributed by atoms with van der Waals surface area (Å²) in [5.41, 5.74) is 6.16. The fourth-order valence-electron chi connectivity index (χ4n) is 12.4. The van der Waals surface area contributed by atoms with Crippen LogP contribution in [0.15, 0.2) is 36.4 Å². The Morgan fingerprint density at radius 1 is 1.10 bits per heavy atom. The van der Waals surface area contributed by atoms with Gasteiger partial charge < -0.3 is 38.5 Å². The van der Waals surface area contributed by atoms with E-state index in [1.165, 1.54) is 23.1 Å². The van der Waals surface area contributed by atoms with E-state index in [0.717, 1.165) is 63.7 Å². The highest BCUT2D eigenvalue weighted by Gasteiger charge is 2.64. The van der Waals surface area contributed by atoms with Gasteiger partial charge in [0.1, 0.15) is 17.7 Å². The summed E-state index contributed by atoms with van der Waals surface area (Å²) in [6, 6.07) is 2.96. The minimum absolute atomic E-state index is 0.0804. The molecule has 0 N–H and O–H groups in total. The van der Waals surface area contributed by atoms with E-state index in [1.807, 2.05) is 24.8 Å². The standard InChI is InChI=1S/C54H70N8O7S2/c1-10-44(63)61-23-18-53(61)16-21-58(22-17-53)51(67)57(8)46(33(3)4)48(64)62-31-54(62)27-43-56-40(30-71-43)37-25-38-39(26-52(6,7)32-69-49(65)35-14-13-20-59(28-35)50(54)66)47(60(11-2)41(38)24-34(37)5)36-15-12-19-55-45(36)42(29-70)68-9/h10,12,15,19,25,29-30,33-35,42,46H,1,11,13-14,16-18,20-24,26-28,31-32H2,2-9H3/t34?,35-,42+,46+,54+,62?/m1/s1. The third kappa shape index (κ3) is 9.06. The van der Waals surface area contributed by atoms with Crippen LogP contribution >= 0.6 is 23.6 Å². The maximum absolute atomic E-state index is 15.2. The molecular weight excluding hydrogens is 937 g/mol. The largest absolute Gasteiger partial charge is 0.465 e. The second-order valence-electron chi connectivity index (χ2n) is 21.9. The molecule has 6 aliphatic rings. The van der Waals surface area contributed by atoms with Crippen molar-refractivity contribution < 1.29 is 33.4 Å². The van der Waals surface area contributed by atoms with Gasteiger partial charge in [-0.15, -0.1) is 11.3 Å². The Kier molecular flexibility index (Phi) is 14.0. The van der Waals surface area contributed by atoms with Crippen molar-refractivity contribution in [3.05, 3.63) is 69.6 Å². The normalized spacial score (nSPS) is 24.6. The first-order valence-electron chi connectivity index (χ1n) is 25.5. The van der Waals surface area contributed by atoms with Crippen LogP contribution in [-0.2, 0) is 54.5 Å². The number of carbonyl (C=O) groups excluding carboxylic acids is 5. The molecule has 0 aromatic carbocycles. The lowest BCUT2D eigenvalue weighted by molar-refractivity contribution is -0.155. The van der Waals surface area contributed by atoms with Gasteiger partial charge >= 0.3 is 12.0 Å². The van der Waals surface area contributed by atoms with Gasteiger partial charge in [0.2, 0.25) is 11.8 Å². The van der Waals surface area contributed by atoms with Crippen LogP contribution in [0.4, 0.5) is 4.79 Å². The first-order chi connectivity index (χ1) is 33.9. The maximum atomic E-state index is 15.2. The highest BCUT2D eigenvalue weighted by Crippen LogP contribution is 2.47. The zero-order valence-electron chi connectivity index (χ0n) is 42.7. The lowest BCUT2D eigenvalue weighted by atomic mass is 9.76. The third-order valence-electron chi connectivity index (χ3n) is 16.4. The molecule has 4 fully saturated rings. The Morgan fingerprint density at radius 2 is 1.85 bits per heavy atom. The van der Waals surface area contributed by atoms with E-state index < -0.39 is 29.0 Å². The number of fused-ring (bicyclic) bond motifs is 5. The van der Waals surface area contributed by atoms with E-state index in [-0.39, 0.29) is 73.2 Å². The average molecular weight is 1010 g/mol. The van der Waals surface area contributed by atoms with E-state index in [4.69, 9.17) is 31.7 Å². The molecule has 0 saturated carbocycles. The number of methoxy groups -OCH3 is 1. The SMILES string of the molecule is C=CC(=O)N1CCC12CCN(C(=O)N(C)[C@H](C(=O)N1C[C@]13Cc1nc(cs1)C1=Cc4c(c(-c5cccnc5[C@H](C=S)OC)n(CC)c4CC1C)CC(C)(C)COC(=O)[C@@H]1CCCN(C1)C3=O)C(C)C)CC2. The number of piperidine rings is 2. The topological polar surface area (TPSA) is 150 Å². The molecule has 5 aliphatic heterocycles. The number of thiocarbonyl (C=S) groups is 1. The number of esters is 1.